The Morgan fingerprint density at radius 1 is 1.44 bits per heavy atom. The molecule has 18 heavy (non-hydrogen) atoms. The van der Waals surface area contributed by atoms with Crippen molar-refractivity contribution in [1.82, 2.24) is 20.5 Å². The summed E-state index contributed by atoms with van der Waals surface area (Å²) in [5.74, 6) is 0.329. The molecule has 1 aliphatic heterocycles. The maximum atomic E-state index is 11.8. The van der Waals surface area contributed by atoms with Crippen LogP contribution in [0.1, 0.15) is 25.7 Å². The summed E-state index contributed by atoms with van der Waals surface area (Å²) in [6, 6.07) is 0.311. The SMILES string of the molecule is CNCCC1CCCCN1c1n[nH]c(=O)[nH]c1=O. The van der Waals surface area contributed by atoms with Crippen LogP contribution in [0.3, 0.4) is 0 Å². The third kappa shape index (κ3) is 2.79. The van der Waals surface area contributed by atoms with Crippen LogP contribution in [-0.4, -0.2) is 41.4 Å². The second kappa shape index (κ2) is 5.81. The van der Waals surface area contributed by atoms with Crippen molar-refractivity contribution in [2.75, 3.05) is 25.0 Å². The Hall–Kier alpha value is -1.63. The molecule has 0 aromatic carbocycles. The van der Waals surface area contributed by atoms with Crippen molar-refractivity contribution >= 4 is 5.82 Å². The number of anilines is 1. The van der Waals surface area contributed by atoms with Gasteiger partial charge in [0.25, 0.3) is 5.56 Å². The number of aromatic amines is 2. The van der Waals surface area contributed by atoms with Crippen LogP contribution in [0, 0.1) is 0 Å². The first-order valence-electron chi connectivity index (χ1n) is 6.32. The number of H-pyrrole nitrogens is 2. The summed E-state index contributed by atoms with van der Waals surface area (Å²) in [5.41, 5.74) is -0.970. The molecule has 1 aliphatic rings. The predicted molar refractivity (Wildman–Crippen MR) is 69.0 cm³/mol. The van der Waals surface area contributed by atoms with E-state index in [4.69, 9.17) is 0 Å². The fraction of sp³-hybridized carbons (Fsp3) is 0.727. The largest absolute Gasteiger partial charge is 0.348 e. The Morgan fingerprint density at radius 3 is 3.00 bits per heavy atom. The third-order valence-electron chi connectivity index (χ3n) is 3.32. The van der Waals surface area contributed by atoms with Crippen LogP contribution in [0.2, 0.25) is 0 Å². The molecule has 7 heteroatoms. The van der Waals surface area contributed by atoms with Gasteiger partial charge in [-0.2, -0.15) is 0 Å². The molecule has 7 nitrogen and oxygen atoms in total. The lowest BCUT2D eigenvalue weighted by molar-refractivity contribution is 0.427. The highest BCUT2D eigenvalue weighted by Gasteiger charge is 2.25. The van der Waals surface area contributed by atoms with Crippen molar-refractivity contribution in [3.63, 3.8) is 0 Å². The topological polar surface area (TPSA) is 93.9 Å². The lowest BCUT2D eigenvalue weighted by atomic mass is 9.99. The standard InChI is InChI=1S/C11H19N5O2/c1-12-6-5-8-4-2-3-7-16(8)9-10(17)13-11(18)15-14-9/h8,12H,2-7H2,1H3,(H2,13,15,17,18). The van der Waals surface area contributed by atoms with Crippen molar-refractivity contribution < 1.29 is 0 Å². The van der Waals surface area contributed by atoms with Crippen molar-refractivity contribution in [3.8, 4) is 0 Å². The molecule has 0 aliphatic carbocycles. The van der Waals surface area contributed by atoms with Crippen LogP contribution < -0.4 is 21.5 Å². The van der Waals surface area contributed by atoms with Crippen LogP contribution in [-0.2, 0) is 0 Å². The van der Waals surface area contributed by atoms with Gasteiger partial charge in [0.05, 0.1) is 0 Å². The monoisotopic (exact) mass is 253 g/mol. The molecule has 1 aromatic rings. The molecule has 0 spiro atoms. The second-order valence-corrected chi connectivity index (χ2v) is 4.57. The molecule has 2 heterocycles. The molecule has 0 bridgehead atoms. The predicted octanol–water partition coefficient (Wildman–Crippen LogP) is -0.573. The summed E-state index contributed by atoms with van der Waals surface area (Å²) in [4.78, 5) is 27.0. The highest BCUT2D eigenvalue weighted by Crippen LogP contribution is 2.21. The molecule has 1 fully saturated rings. The molecule has 1 atom stereocenters. The van der Waals surface area contributed by atoms with Gasteiger partial charge < -0.3 is 10.2 Å². The van der Waals surface area contributed by atoms with Gasteiger partial charge in [0, 0.05) is 12.6 Å². The van der Waals surface area contributed by atoms with E-state index < -0.39 is 11.2 Å². The molecule has 3 N–H and O–H groups in total. The molecule has 0 radical (unpaired) electrons. The number of nitrogens with one attached hydrogen (secondary N) is 3. The van der Waals surface area contributed by atoms with Gasteiger partial charge in [-0.25, -0.2) is 9.89 Å². The van der Waals surface area contributed by atoms with E-state index in [9.17, 15) is 9.59 Å². The minimum atomic E-state index is -0.562. The number of rotatable bonds is 4. The van der Waals surface area contributed by atoms with Crippen molar-refractivity contribution in [1.29, 1.82) is 0 Å². The van der Waals surface area contributed by atoms with Crippen molar-refractivity contribution in [2.24, 2.45) is 0 Å². The maximum absolute atomic E-state index is 11.8. The van der Waals surface area contributed by atoms with Gasteiger partial charge in [0.1, 0.15) is 0 Å². The van der Waals surface area contributed by atoms with E-state index >= 15 is 0 Å². The van der Waals surface area contributed by atoms with Crippen molar-refractivity contribution in [2.45, 2.75) is 31.7 Å². The average molecular weight is 253 g/mol. The van der Waals surface area contributed by atoms with Gasteiger partial charge in [0.15, 0.2) is 0 Å². The third-order valence-corrected chi connectivity index (χ3v) is 3.32. The zero-order valence-electron chi connectivity index (χ0n) is 10.5. The smallest absolute Gasteiger partial charge is 0.342 e. The Bertz CT molecular complexity index is 495. The van der Waals surface area contributed by atoms with Gasteiger partial charge in [-0.3, -0.25) is 9.78 Å². The van der Waals surface area contributed by atoms with E-state index in [-0.39, 0.29) is 0 Å². The summed E-state index contributed by atoms with van der Waals surface area (Å²) in [6.07, 6.45) is 4.25. The van der Waals surface area contributed by atoms with Gasteiger partial charge in [0.2, 0.25) is 5.82 Å². The van der Waals surface area contributed by atoms with Crippen LogP contribution in [0.5, 0.6) is 0 Å². The first kappa shape index (κ1) is 12.8. The van der Waals surface area contributed by atoms with E-state index in [0.717, 1.165) is 32.4 Å². The first-order chi connectivity index (χ1) is 8.72. The summed E-state index contributed by atoms with van der Waals surface area (Å²) in [6.45, 7) is 1.72. The molecule has 100 valence electrons. The Labute approximate surface area is 105 Å². The van der Waals surface area contributed by atoms with Crippen LogP contribution >= 0.6 is 0 Å². The van der Waals surface area contributed by atoms with Gasteiger partial charge in [-0.1, -0.05) is 0 Å². The van der Waals surface area contributed by atoms with E-state index in [1.54, 1.807) is 0 Å². The minimum Gasteiger partial charge on any atom is -0.348 e. The minimum absolute atomic E-state index is 0.311. The quantitative estimate of drug-likeness (QED) is 0.668. The molecule has 1 saturated heterocycles. The van der Waals surface area contributed by atoms with Crippen LogP contribution in [0.15, 0.2) is 9.59 Å². The molecule has 2 rings (SSSR count). The Morgan fingerprint density at radius 2 is 2.28 bits per heavy atom. The summed E-state index contributed by atoms with van der Waals surface area (Å²) >= 11 is 0. The zero-order valence-corrected chi connectivity index (χ0v) is 10.5. The number of piperidine rings is 1. The van der Waals surface area contributed by atoms with Gasteiger partial charge in [-0.05, 0) is 39.3 Å². The number of hydrogen-bond acceptors (Lipinski definition) is 5. The molecule has 1 unspecified atom stereocenters. The molecule has 0 saturated carbocycles. The molecular weight excluding hydrogens is 234 g/mol. The maximum Gasteiger partial charge on any atom is 0.342 e. The highest BCUT2D eigenvalue weighted by atomic mass is 16.2. The summed E-state index contributed by atoms with van der Waals surface area (Å²) in [5, 5.41) is 9.30. The van der Waals surface area contributed by atoms with Gasteiger partial charge >= 0.3 is 5.69 Å². The van der Waals surface area contributed by atoms with Crippen molar-refractivity contribution in [3.05, 3.63) is 20.8 Å². The Balaban J connectivity index is 2.22. The molecular formula is C11H19N5O2. The lowest BCUT2D eigenvalue weighted by Gasteiger charge is -2.35. The van der Waals surface area contributed by atoms with E-state index in [2.05, 4.69) is 20.5 Å². The summed E-state index contributed by atoms with van der Waals surface area (Å²) in [7, 11) is 1.91. The zero-order chi connectivity index (χ0) is 13.0. The fourth-order valence-corrected chi connectivity index (χ4v) is 2.43. The van der Waals surface area contributed by atoms with E-state index in [1.165, 1.54) is 6.42 Å². The molecule has 1 aromatic heterocycles. The van der Waals surface area contributed by atoms with Crippen LogP contribution in [0.25, 0.3) is 0 Å². The lowest BCUT2D eigenvalue weighted by Crippen LogP contribution is -2.45. The molecule has 0 amide bonds. The van der Waals surface area contributed by atoms with E-state index in [1.807, 2.05) is 11.9 Å². The number of nitrogens with zero attached hydrogens (tertiary/aromatic N) is 2. The normalized spacial score (nSPS) is 20.1. The average Bonchev–Trinajstić information content (AvgIpc) is 2.37. The van der Waals surface area contributed by atoms with Gasteiger partial charge in [-0.15, -0.1) is 5.10 Å². The number of hydrogen-bond donors (Lipinski definition) is 3. The second-order valence-electron chi connectivity index (χ2n) is 4.57. The Kier molecular flexibility index (Phi) is 4.14. The first-order valence-corrected chi connectivity index (χ1v) is 6.32. The van der Waals surface area contributed by atoms with Crippen LogP contribution in [0.4, 0.5) is 5.82 Å². The summed E-state index contributed by atoms with van der Waals surface area (Å²) < 4.78 is 0. The fourth-order valence-electron chi connectivity index (χ4n) is 2.43. The number of aromatic nitrogens is 3. The highest BCUT2D eigenvalue weighted by molar-refractivity contribution is 5.36. The van der Waals surface area contributed by atoms with E-state index in [0.29, 0.717) is 11.9 Å².